The zero-order chi connectivity index (χ0) is 12.0. The highest BCUT2D eigenvalue weighted by Gasteiger charge is 2.23. The van der Waals surface area contributed by atoms with Crippen molar-refractivity contribution in [1.29, 1.82) is 0 Å². The van der Waals surface area contributed by atoms with E-state index in [1.54, 1.807) is 0 Å². The van der Waals surface area contributed by atoms with Gasteiger partial charge in [-0.1, -0.05) is 6.42 Å². The first-order chi connectivity index (χ1) is 7.63. The summed E-state index contributed by atoms with van der Waals surface area (Å²) in [5.41, 5.74) is 5.61. The second-order valence-corrected chi connectivity index (χ2v) is 4.92. The van der Waals surface area contributed by atoms with Crippen molar-refractivity contribution in [1.82, 2.24) is 10.2 Å². The number of nitrogens with two attached hydrogens (primary N) is 1. The normalized spacial score (nSPS) is 22.4. The summed E-state index contributed by atoms with van der Waals surface area (Å²) in [4.78, 5) is 14.0. The minimum absolute atomic E-state index is 0.138. The first-order valence-corrected chi connectivity index (χ1v) is 6.37. The van der Waals surface area contributed by atoms with Crippen molar-refractivity contribution < 1.29 is 4.79 Å². The first-order valence-electron chi connectivity index (χ1n) is 6.37. The van der Waals surface area contributed by atoms with E-state index in [0.717, 1.165) is 13.0 Å². The minimum atomic E-state index is 0.138. The van der Waals surface area contributed by atoms with E-state index < -0.39 is 0 Å². The van der Waals surface area contributed by atoms with Crippen molar-refractivity contribution in [2.75, 3.05) is 19.6 Å². The highest BCUT2D eigenvalue weighted by Crippen LogP contribution is 2.18. The zero-order valence-corrected chi connectivity index (χ0v) is 10.5. The van der Waals surface area contributed by atoms with Crippen LogP contribution in [0.4, 0.5) is 0 Å². The first kappa shape index (κ1) is 13.5. The van der Waals surface area contributed by atoms with Gasteiger partial charge in [0.05, 0.1) is 6.54 Å². The van der Waals surface area contributed by atoms with Gasteiger partial charge in [0, 0.05) is 12.1 Å². The number of carbonyl (C=O) groups is 1. The van der Waals surface area contributed by atoms with E-state index >= 15 is 0 Å². The van der Waals surface area contributed by atoms with Crippen LogP contribution in [0.5, 0.6) is 0 Å². The predicted molar refractivity (Wildman–Crippen MR) is 66.2 cm³/mol. The maximum Gasteiger partial charge on any atom is 0.234 e. The fourth-order valence-electron chi connectivity index (χ4n) is 2.34. The van der Waals surface area contributed by atoms with Crippen LogP contribution in [0.3, 0.4) is 0 Å². The molecule has 0 aliphatic carbocycles. The molecule has 1 rings (SSSR count). The van der Waals surface area contributed by atoms with Gasteiger partial charge in [0.1, 0.15) is 0 Å². The van der Waals surface area contributed by atoms with E-state index in [-0.39, 0.29) is 11.9 Å². The third-order valence-electron chi connectivity index (χ3n) is 3.05. The summed E-state index contributed by atoms with van der Waals surface area (Å²) in [6.07, 6.45) is 4.67. The summed E-state index contributed by atoms with van der Waals surface area (Å²) in [5, 5.41) is 2.94. The summed E-state index contributed by atoms with van der Waals surface area (Å²) in [6, 6.07) is 0.738. The van der Waals surface area contributed by atoms with E-state index in [0.29, 0.717) is 19.1 Å². The van der Waals surface area contributed by atoms with Gasteiger partial charge in [-0.25, -0.2) is 0 Å². The van der Waals surface area contributed by atoms with Crippen LogP contribution in [0.25, 0.3) is 0 Å². The Morgan fingerprint density at radius 2 is 2.25 bits per heavy atom. The number of amides is 1. The molecule has 3 N–H and O–H groups in total. The van der Waals surface area contributed by atoms with Gasteiger partial charge < -0.3 is 11.1 Å². The molecule has 1 heterocycles. The van der Waals surface area contributed by atoms with Crippen molar-refractivity contribution in [3.63, 3.8) is 0 Å². The number of likely N-dealkylation sites (tertiary alicyclic amines) is 1. The van der Waals surface area contributed by atoms with Gasteiger partial charge in [-0.2, -0.15) is 0 Å². The summed E-state index contributed by atoms with van der Waals surface area (Å²) >= 11 is 0. The van der Waals surface area contributed by atoms with Crippen LogP contribution in [0.1, 0.15) is 39.5 Å². The molecule has 94 valence electrons. The number of nitrogens with zero attached hydrogens (tertiary/aromatic N) is 1. The van der Waals surface area contributed by atoms with Crippen molar-refractivity contribution in [3.8, 4) is 0 Å². The van der Waals surface area contributed by atoms with Crippen LogP contribution >= 0.6 is 0 Å². The lowest BCUT2D eigenvalue weighted by Crippen LogP contribution is -2.47. The van der Waals surface area contributed by atoms with Gasteiger partial charge in [-0.3, -0.25) is 9.69 Å². The Morgan fingerprint density at radius 3 is 2.88 bits per heavy atom. The molecule has 0 bridgehead atoms. The molecule has 0 saturated carbocycles. The molecule has 0 spiro atoms. The quantitative estimate of drug-likeness (QED) is 0.727. The fourth-order valence-corrected chi connectivity index (χ4v) is 2.34. The van der Waals surface area contributed by atoms with E-state index in [4.69, 9.17) is 5.73 Å². The van der Waals surface area contributed by atoms with E-state index in [1.165, 1.54) is 19.3 Å². The average molecular weight is 227 g/mol. The molecule has 1 unspecified atom stereocenters. The lowest BCUT2D eigenvalue weighted by Gasteiger charge is -2.35. The maximum atomic E-state index is 11.7. The van der Waals surface area contributed by atoms with Crippen LogP contribution in [-0.2, 0) is 4.79 Å². The Bertz CT molecular complexity index is 216. The summed E-state index contributed by atoms with van der Waals surface area (Å²) in [6.45, 7) is 6.27. The predicted octanol–water partition coefficient (Wildman–Crippen LogP) is 0.714. The summed E-state index contributed by atoms with van der Waals surface area (Å²) in [5.74, 6) is 0.138. The van der Waals surface area contributed by atoms with Gasteiger partial charge >= 0.3 is 0 Å². The highest BCUT2D eigenvalue weighted by atomic mass is 16.2. The molecular formula is C12H25N3O. The van der Waals surface area contributed by atoms with Crippen molar-refractivity contribution in [2.45, 2.75) is 51.6 Å². The molecule has 0 aromatic carbocycles. The Balaban J connectivity index is 2.39. The molecule has 1 atom stereocenters. The highest BCUT2D eigenvalue weighted by molar-refractivity contribution is 5.78. The smallest absolute Gasteiger partial charge is 0.234 e. The fraction of sp³-hybridized carbons (Fsp3) is 0.917. The Labute approximate surface area is 98.6 Å². The number of hydrogen-bond acceptors (Lipinski definition) is 3. The lowest BCUT2D eigenvalue weighted by atomic mass is 9.99. The second-order valence-electron chi connectivity index (χ2n) is 4.92. The zero-order valence-electron chi connectivity index (χ0n) is 10.5. The van der Waals surface area contributed by atoms with Crippen LogP contribution in [-0.4, -0.2) is 42.5 Å². The number of nitrogens with one attached hydrogen (secondary N) is 1. The number of piperidine rings is 1. The Kier molecular flexibility index (Phi) is 5.77. The topological polar surface area (TPSA) is 58.4 Å². The lowest BCUT2D eigenvalue weighted by molar-refractivity contribution is -0.123. The van der Waals surface area contributed by atoms with Gasteiger partial charge in [-0.15, -0.1) is 0 Å². The molecule has 4 nitrogen and oxygen atoms in total. The van der Waals surface area contributed by atoms with Gasteiger partial charge in [0.25, 0.3) is 0 Å². The average Bonchev–Trinajstić information content (AvgIpc) is 2.20. The summed E-state index contributed by atoms with van der Waals surface area (Å²) < 4.78 is 0. The standard InChI is InChI=1S/C12H25N3O/c1-10(2)14-12(16)9-15-8-4-3-5-11(15)6-7-13/h10-11H,3-9,13H2,1-2H3,(H,14,16). The molecule has 1 amide bonds. The van der Waals surface area contributed by atoms with Crippen LogP contribution in [0.15, 0.2) is 0 Å². The molecule has 1 fully saturated rings. The molecule has 4 heteroatoms. The molecule has 0 aromatic heterocycles. The maximum absolute atomic E-state index is 11.7. The molecular weight excluding hydrogens is 202 g/mol. The van der Waals surface area contributed by atoms with E-state index in [9.17, 15) is 4.79 Å². The molecule has 1 aliphatic rings. The second kappa shape index (κ2) is 6.86. The van der Waals surface area contributed by atoms with E-state index in [2.05, 4.69) is 10.2 Å². The Hall–Kier alpha value is -0.610. The molecule has 1 aliphatic heterocycles. The van der Waals surface area contributed by atoms with Gasteiger partial charge in [0.2, 0.25) is 5.91 Å². The molecule has 16 heavy (non-hydrogen) atoms. The van der Waals surface area contributed by atoms with Crippen LogP contribution in [0, 0.1) is 0 Å². The van der Waals surface area contributed by atoms with Crippen molar-refractivity contribution >= 4 is 5.91 Å². The third-order valence-corrected chi connectivity index (χ3v) is 3.05. The SMILES string of the molecule is CC(C)NC(=O)CN1CCCCC1CCN. The van der Waals surface area contributed by atoms with Crippen LogP contribution < -0.4 is 11.1 Å². The monoisotopic (exact) mass is 227 g/mol. The van der Waals surface area contributed by atoms with E-state index in [1.807, 2.05) is 13.8 Å². The molecule has 0 aromatic rings. The third kappa shape index (κ3) is 4.49. The van der Waals surface area contributed by atoms with Gasteiger partial charge in [0.15, 0.2) is 0 Å². The summed E-state index contributed by atoms with van der Waals surface area (Å²) in [7, 11) is 0. The minimum Gasteiger partial charge on any atom is -0.353 e. The number of carbonyl (C=O) groups excluding carboxylic acids is 1. The van der Waals surface area contributed by atoms with Crippen LogP contribution in [0.2, 0.25) is 0 Å². The van der Waals surface area contributed by atoms with Crippen molar-refractivity contribution in [2.24, 2.45) is 5.73 Å². The van der Waals surface area contributed by atoms with Gasteiger partial charge in [-0.05, 0) is 46.2 Å². The number of hydrogen-bond donors (Lipinski definition) is 2. The van der Waals surface area contributed by atoms with Crippen molar-refractivity contribution in [3.05, 3.63) is 0 Å². The Morgan fingerprint density at radius 1 is 1.50 bits per heavy atom. The molecule has 0 radical (unpaired) electrons. The number of rotatable bonds is 5. The molecule has 1 saturated heterocycles. The largest absolute Gasteiger partial charge is 0.353 e.